The second kappa shape index (κ2) is 8.79. The Kier molecular flexibility index (Phi) is 6.39. The highest BCUT2D eigenvalue weighted by Crippen LogP contribution is 2.45. The Hall–Kier alpha value is -1.91. The van der Waals surface area contributed by atoms with Crippen LogP contribution in [0.25, 0.3) is 21.7 Å². The van der Waals surface area contributed by atoms with Gasteiger partial charge >= 0.3 is 12.5 Å². The van der Waals surface area contributed by atoms with Crippen LogP contribution in [-0.4, -0.2) is 17.5 Å². The zero-order chi connectivity index (χ0) is 23.1. The molecule has 170 valence electrons. The maximum Gasteiger partial charge on any atom is 0.522 e. The SMILES string of the molecule is FC(F)(F)OC1CC[C@@H](c2cccc(-c3sc(Br)nc3-c3ccccc3C(F)(F)F)c2)C1. The van der Waals surface area contributed by atoms with E-state index >= 15 is 0 Å². The standard InChI is InChI=1S/C22H16BrF6NOS/c23-20-30-18(16-6-1-2-7-17(16)21(24,25)26)19(32-20)14-5-3-4-12(10-14)13-8-9-15(11-13)31-22(27,28)29/h1-7,10,13,15H,8-9,11H2/t13-,15?/m1/s1. The minimum absolute atomic E-state index is 0.0261. The summed E-state index contributed by atoms with van der Waals surface area (Å²) >= 11 is 4.48. The minimum atomic E-state index is -4.67. The van der Waals surface area contributed by atoms with Crippen molar-refractivity contribution in [3.8, 4) is 21.7 Å². The fourth-order valence-electron chi connectivity index (χ4n) is 4.08. The van der Waals surface area contributed by atoms with Gasteiger partial charge in [-0.05, 0) is 64.4 Å². The van der Waals surface area contributed by atoms with Crippen molar-refractivity contribution in [2.75, 3.05) is 0 Å². The van der Waals surface area contributed by atoms with Gasteiger partial charge < -0.3 is 0 Å². The normalized spacial score (nSPS) is 19.5. The molecular formula is C22H16BrF6NOS. The average Bonchev–Trinajstić information content (AvgIpc) is 3.33. The van der Waals surface area contributed by atoms with Crippen LogP contribution < -0.4 is 0 Å². The number of rotatable bonds is 4. The van der Waals surface area contributed by atoms with Gasteiger partial charge in [-0.2, -0.15) is 13.2 Å². The van der Waals surface area contributed by atoms with E-state index < -0.39 is 24.2 Å². The third-order valence-corrected chi connectivity index (χ3v) is 6.95. The molecular weight excluding hydrogens is 520 g/mol. The van der Waals surface area contributed by atoms with Crippen molar-refractivity contribution < 1.29 is 31.1 Å². The van der Waals surface area contributed by atoms with E-state index in [2.05, 4.69) is 25.7 Å². The maximum absolute atomic E-state index is 13.6. The van der Waals surface area contributed by atoms with Crippen LogP contribution in [0.15, 0.2) is 52.4 Å². The van der Waals surface area contributed by atoms with Crippen LogP contribution in [0.3, 0.4) is 0 Å². The molecule has 1 heterocycles. The molecule has 0 amide bonds. The Morgan fingerprint density at radius 3 is 2.44 bits per heavy atom. The molecule has 1 fully saturated rings. The van der Waals surface area contributed by atoms with Crippen molar-refractivity contribution in [2.24, 2.45) is 0 Å². The lowest BCUT2D eigenvalue weighted by molar-refractivity contribution is -0.341. The second-order valence-corrected chi connectivity index (χ2v) is 9.78. The molecule has 1 saturated carbocycles. The summed E-state index contributed by atoms with van der Waals surface area (Å²) in [4.78, 5) is 4.85. The smallest absolute Gasteiger partial charge is 0.289 e. The summed E-state index contributed by atoms with van der Waals surface area (Å²) < 4.78 is 82.9. The zero-order valence-corrected chi connectivity index (χ0v) is 18.7. The maximum atomic E-state index is 13.6. The van der Waals surface area contributed by atoms with Gasteiger partial charge in [0, 0.05) is 5.56 Å². The van der Waals surface area contributed by atoms with Crippen LogP contribution in [0.5, 0.6) is 0 Å². The van der Waals surface area contributed by atoms with Gasteiger partial charge in [0.25, 0.3) is 0 Å². The Morgan fingerprint density at radius 2 is 1.72 bits per heavy atom. The summed E-state index contributed by atoms with van der Waals surface area (Å²) in [7, 11) is 0. The third-order valence-electron chi connectivity index (χ3n) is 5.39. The van der Waals surface area contributed by atoms with Gasteiger partial charge in [-0.1, -0.05) is 36.4 Å². The number of benzene rings is 2. The molecule has 1 aliphatic rings. The van der Waals surface area contributed by atoms with Crippen molar-refractivity contribution in [3.05, 3.63) is 63.6 Å². The Morgan fingerprint density at radius 1 is 0.969 bits per heavy atom. The van der Waals surface area contributed by atoms with Crippen molar-refractivity contribution >= 4 is 27.3 Å². The number of alkyl halides is 6. The monoisotopic (exact) mass is 535 g/mol. The predicted molar refractivity (Wildman–Crippen MR) is 113 cm³/mol. The third kappa shape index (κ3) is 5.18. The van der Waals surface area contributed by atoms with Gasteiger partial charge in [0.05, 0.1) is 22.2 Å². The van der Waals surface area contributed by atoms with Crippen LogP contribution in [0.4, 0.5) is 26.3 Å². The number of ether oxygens (including phenoxy) is 1. The van der Waals surface area contributed by atoms with Crippen LogP contribution in [0, 0.1) is 0 Å². The van der Waals surface area contributed by atoms with Crippen LogP contribution in [-0.2, 0) is 10.9 Å². The largest absolute Gasteiger partial charge is 0.522 e. The van der Waals surface area contributed by atoms with Gasteiger partial charge in [-0.25, -0.2) is 4.98 Å². The second-order valence-electron chi connectivity index (χ2n) is 7.51. The summed E-state index contributed by atoms with van der Waals surface area (Å²) in [5.41, 5.74) is 0.893. The van der Waals surface area contributed by atoms with Crippen LogP contribution in [0.1, 0.15) is 36.3 Å². The summed E-state index contributed by atoms with van der Waals surface area (Å²) in [6.07, 6.45) is -9.03. The molecule has 0 radical (unpaired) electrons. The molecule has 0 N–H and O–H groups in total. The molecule has 0 saturated heterocycles. The van der Waals surface area contributed by atoms with E-state index in [4.69, 9.17) is 0 Å². The van der Waals surface area contributed by atoms with E-state index in [0.717, 1.165) is 11.6 Å². The van der Waals surface area contributed by atoms with Crippen LogP contribution in [0.2, 0.25) is 0 Å². The molecule has 0 spiro atoms. The van der Waals surface area contributed by atoms with E-state index in [1.54, 1.807) is 12.1 Å². The lowest BCUT2D eigenvalue weighted by Crippen LogP contribution is -2.21. The average molecular weight is 536 g/mol. The van der Waals surface area contributed by atoms with Gasteiger partial charge in [0.15, 0.2) is 3.92 Å². The van der Waals surface area contributed by atoms with Crippen molar-refractivity contribution in [1.82, 2.24) is 4.98 Å². The molecule has 0 aliphatic heterocycles. The number of aromatic nitrogens is 1. The van der Waals surface area contributed by atoms with Gasteiger partial charge in [-0.15, -0.1) is 24.5 Å². The minimum Gasteiger partial charge on any atom is -0.289 e. The molecule has 1 aliphatic carbocycles. The molecule has 2 aromatic carbocycles. The van der Waals surface area contributed by atoms with Gasteiger partial charge in [-0.3, -0.25) is 4.74 Å². The van der Waals surface area contributed by atoms with E-state index in [-0.39, 0.29) is 23.6 Å². The summed E-state index contributed by atoms with van der Waals surface area (Å²) in [5, 5.41) is 0. The first-order valence-electron chi connectivity index (χ1n) is 9.69. The van der Waals surface area contributed by atoms with Gasteiger partial charge in [0.1, 0.15) is 0 Å². The quantitative estimate of drug-likeness (QED) is 0.313. The van der Waals surface area contributed by atoms with Crippen molar-refractivity contribution in [1.29, 1.82) is 0 Å². The van der Waals surface area contributed by atoms with E-state index in [1.165, 1.54) is 29.5 Å². The lowest BCUT2D eigenvalue weighted by Gasteiger charge is -2.15. The molecule has 3 aromatic rings. The fraction of sp³-hybridized carbons (Fsp3) is 0.318. The molecule has 4 rings (SSSR count). The number of hydrogen-bond donors (Lipinski definition) is 0. The number of nitrogens with zero attached hydrogens (tertiary/aromatic N) is 1. The van der Waals surface area contributed by atoms with E-state index in [0.29, 0.717) is 27.2 Å². The first kappa shape index (κ1) is 23.3. The Balaban J connectivity index is 1.68. The molecule has 1 unspecified atom stereocenters. The molecule has 10 heteroatoms. The highest BCUT2D eigenvalue weighted by Gasteiger charge is 2.38. The highest BCUT2D eigenvalue weighted by atomic mass is 79.9. The zero-order valence-electron chi connectivity index (χ0n) is 16.3. The Bertz CT molecular complexity index is 1110. The fourth-order valence-corrected chi connectivity index (χ4v) is 5.55. The van der Waals surface area contributed by atoms with E-state index in [9.17, 15) is 26.3 Å². The lowest BCUT2D eigenvalue weighted by atomic mass is 9.94. The number of thiazole rings is 1. The van der Waals surface area contributed by atoms with E-state index in [1.807, 2.05) is 12.1 Å². The number of hydrogen-bond acceptors (Lipinski definition) is 3. The summed E-state index contributed by atoms with van der Waals surface area (Å²) in [5.74, 6) is -0.121. The van der Waals surface area contributed by atoms with Crippen molar-refractivity contribution in [3.63, 3.8) is 0 Å². The molecule has 0 bridgehead atoms. The first-order chi connectivity index (χ1) is 15.0. The predicted octanol–water partition coefficient (Wildman–Crippen LogP) is 8.43. The van der Waals surface area contributed by atoms with Gasteiger partial charge in [0.2, 0.25) is 0 Å². The topological polar surface area (TPSA) is 22.1 Å². The summed E-state index contributed by atoms with van der Waals surface area (Å²) in [6.45, 7) is 0. The molecule has 2 atom stereocenters. The summed E-state index contributed by atoms with van der Waals surface area (Å²) in [6, 6.07) is 12.4. The number of halogens is 7. The highest BCUT2D eigenvalue weighted by molar-refractivity contribution is 9.11. The molecule has 1 aromatic heterocycles. The molecule has 32 heavy (non-hydrogen) atoms. The van der Waals surface area contributed by atoms with Crippen molar-refractivity contribution in [2.45, 2.75) is 43.8 Å². The Labute approximate surface area is 192 Å². The van der Waals surface area contributed by atoms with Crippen LogP contribution >= 0.6 is 27.3 Å². The molecule has 2 nitrogen and oxygen atoms in total. The first-order valence-corrected chi connectivity index (χ1v) is 11.3.